The zero-order chi connectivity index (χ0) is 19.4. The van der Waals surface area contributed by atoms with Crippen LogP contribution in [0.3, 0.4) is 0 Å². The van der Waals surface area contributed by atoms with E-state index in [-0.39, 0.29) is 11.5 Å². The van der Waals surface area contributed by atoms with Gasteiger partial charge in [-0.1, -0.05) is 0 Å². The Bertz CT molecular complexity index is 1020. The molecule has 136 valence electrons. The Hall–Kier alpha value is -4.02. The number of carbonyl (C=O) groups excluding carboxylic acids is 1. The lowest BCUT2D eigenvalue weighted by atomic mass is 10.1. The first kappa shape index (κ1) is 17.8. The lowest BCUT2D eigenvalue weighted by Gasteiger charge is -2.07. The van der Waals surface area contributed by atoms with Gasteiger partial charge in [0.25, 0.3) is 5.69 Å². The highest BCUT2D eigenvalue weighted by atomic mass is 19.1. The van der Waals surface area contributed by atoms with Crippen molar-refractivity contribution < 1.29 is 18.5 Å². The van der Waals surface area contributed by atoms with Crippen LogP contribution >= 0.6 is 0 Å². The highest BCUT2D eigenvalue weighted by Gasteiger charge is 2.21. The summed E-state index contributed by atoms with van der Waals surface area (Å²) in [6, 6.07) is 7.76. The number of nitro benzene ring substituents is 1. The minimum absolute atomic E-state index is 0.120. The topological polar surface area (TPSA) is 115 Å². The van der Waals surface area contributed by atoms with E-state index in [2.05, 4.69) is 20.6 Å². The number of nitrogens with zero attached hydrogens (tertiary/aromatic N) is 5. The average molecular weight is 372 g/mol. The minimum Gasteiger partial charge on any atom is -0.285 e. The lowest BCUT2D eigenvalue weighted by Crippen LogP contribution is -2.26. The van der Waals surface area contributed by atoms with Gasteiger partial charge in [0.15, 0.2) is 0 Å². The van der Waals surface area contributed by atoms with E-state index in [9.17, 15) is 23.7 Å². The zero-order valence-corrected chi connectivity index (χ0v) is 13.4. The number of nitrogens with one attached hydrogen (secondary N) is 1. The molecule has 0 amide bonds. The summed E-state index contributed by atoms with van der Waals surface area (Å²) in [5, 5.41) is 18.4. The highest BCUT2D eigenvalue weighted by Crippen LogP contribution is 2.16. The first-order chi connectivity index (χ1) is 13.0. The third-order valence-electron chi connectivity index (χ3n) is 3.38. The predicted molar refractivity (Wildman–Crippen MR) is 90.3 cm³/mol. The van der Waals surface area contributed by atoms with Gasteiger partial charge in [-0.15, -0.1) is 0 Å². The van der Waals surface area contributed by atoms with Crippen LogP contribution in [0.15, 0.2) is 60.2 Å². The Labute approximate surface area is 150 Å². The Morgan fingerprint density at radius 2 is 1.93 bits per heavy atom. The van der Waals surface area contributed by atoms with Gasteiger partial charge in [0.05, 0.1) is 16.2 Å². The van der Waals surface area contributed by atoms with E-state index in [1.807, 2.05) is 0 Å². The van der Waals surface area contributed by atoms with E-state index in [4.69, 9.17) is 0 Å². The summed E-state index contributed by atoms with van der Waals surface area (Å²) in [6.07, 6.45) is 2.32. The fraction of sp³-hybridized carbons (Fsp3) is 0. The number of rotatable bonds is 5. The standard InChI is InChI=1S/C16H10F2N6O3/c17-10-1-6-13(14(18)7-10)15(25)16(23-9-19-8-20-23)22-21-11-2-4-12(5-3-11)24(26)27/h1-9,21H. The predicted octanol–water partition coefficient (Wildman–Crippen LogP) is 2.62. The van der Waals surface area contributed by atoms with Crippen LogP contribution in [0.1, 0.15) is 10.4 Å². The molecule has 0 aliphatic heterocycles. The molecule has 0 aliphatic rings. The SMILES string of the molecule is O=C(C(=NNc1ccc([N+](=O)[O-])cc1)n1cncn1)c1ccc(F)cc1F. The number of ketones is 1. The molecule has 0 atom stereocenters. The van der Waals surface area contributed by atoms with Crippen LogP contribution in [-0.4, -0.2) is 31.3 Å². The molecule has 0 spiro atoms. The largest absolute Gasteiger partial charge is 0.285 e. The molecule has 1 N–H and O–H groups in total. The molecule has 0 unspecified atom stereocenters. The van der Waals surface area contributed by atoms with Gasteiger partial charge in [-0.05, 0) is 24.3 Å². The van der Waals surface area contributed by atoms with Gasteiger partial charge in [0.2, 0.25) is 11.6 Å². The van der Waals surface area contributed by atoms with Crippen LogP contribution in [0.2, 0.25) is 0 Å². The zero-order valence-electron chi connectivity index (χ0n) is 13.4. The van der Waals surface area contributed by atoms with Gasteiger partial charge in [0.1, 0.15) is 24.3 Å². The van der Waals surface area contributed by atoms with Crippen LogP contribution in [-0.2, 0) is 0 Å². The molecule has 0 aliphatic carbocycles. The van der Waals surface area contributed by atoms with E-state index in [0.717, 1.165) is 23.1 Å². The van der Waals surface area contributed by atoms with E-state index in [1.54, 1.807) is 0 Å². The smallest absolute Gasteiger partial charge is 0.269 e. The van der Waals surface area contributed by atoms with Crippen molar-refractivity contribution in [1.29, 1.82) is 0 Å². The summed E-state index contributed by atoms with van der Waals surface area (Å²) >= 11 is 0. The summed E-state index contributed by atoms with van der Waals surface area (Å²) in [6.45, 7) is 0. The number of benzene rings is 2. The van der Waals surface area contributed by atoms with Gasteiger partial charge in [-0.2, -0.15) is 14.9 Å². The Kier molecular flexibility index (Phi) is 4.92. The van der Waals surface area contributed by atoms with Crippen LogP contribution in [0.5, 0.6) is 0 Å². The number of Topliss-reactive ketones (excluding diaryl/α,β-unsaturated/α-hetero) is 1. The first-order valence-corrected chi connectivity index (χ1v) is 7.38. The van der Waals surface area contributed by atoms with Gasteiger partial charge in [-0.25, -0.2) is 13.8 Å². The van der Waals surface area contributed by atoms with Gasteiger partial charge < -0.3 is 0 Å². The molecule has 3 rings (SSSR count). The maximum absolute atomic E-state index is 13.9. The summed E-state index contributed by atoms with van der Waals surface area (Å²) in [5.41, 5.74) is 2.35. The summed E-state index contributed by atoms with van der Waals surface area (Å²) in [7, 11) is 0. The highest BCUT2D eigenvalue weighted by molar-refractivity contribution is 6.45. The van der Waals surface area contributed by atoms with E-state index >= 15 is 0 Å². The number of nitro groups is 1. The van der Waals surface area contributed by atoms with E-state index in [0.29, 0.717) is 11.8 Å². The maximum atomic E-state index is 13.9. The monoisotopic (exact) mass is 372 g/mol. The summed E-state index contributed by atoms with van der Waals surface area (Å²) in [5.74, 6) is -3.08. The Morgan fingerprint density at radius 1 is 1.19 bits per heavy atom. The van der Waals surface area contributed by atoms with Crippen molar-refractivity contribution in [2.75, 3.05) is 5.43 Å². The number of aromatic nitrogens is 3. The molecule has 1 aromatic heterocycles. The molecular formula is C16H10F2N6O3. The normalized spacial score (nSPS) is 11.3. The molecule has 0 bridgehead atoms. The fourth-order valence-electron chi connectivity index (χ4n) is 2.09. The molecule has 2 aromatic carbocycles. The molecule has 27 heavy (non-hydrogen) atoms. The third kappa shape index (κ3) is 3.98. The Morgan fingerprint density at radius 3 is 2.52 bits per heavy atom. The van der Waals surface area contributed by atoms with Crippen LogP contribution in [0.4, 0.5) is 20.2 Å². The number of hydrogen-bond donors (Lipinski definition) is 1. The number of hydrogen-bond acceptors (Lipinski definition) is 7. The second kappa shape index (κ2) is 7.47. The van der Waals surface area contributed by atoms with Gasteiger partial charge >= 0.3 is 0 Å². The maximum Gasteiger partial charge on any atom is 0.269 e. The van der Waals surface area contributed by atoms with Crippen molar-refractivity contribution in [1.82, 2.24) is 14.8 Å². The van der Waals surface area contributed by atoms with E-state index < -0.39 is 27.9 Å². The summed E-state index contributed by atoms with van der Waals surface area (Å²) in [4.78, 5) is 26.4. The molecule has 0 saturated carbocycles. The van der Waals surface area contributed by atoms with Crippen LogP contribution in [0, 0.1) is 21.7 Å². The van der Waals surface area contributed by atoms with Crippen LogP contribution in [0.25, 0.3) is 0 Å². The first-order valence-electron chi connectivity index (χ1n) is 7.38. The number of anilines is 1. The molecule has 0 fully saturated rings. The van der Waals surface area contributed by atoms with Crippen molar-refractivity contribution >= 4 is 23.0 Å². The minimum atomic E-state index is -1.05. The average Bonchev–Trinajstić information content (AvgIpc) is 3.16. The third-order valence-corrected chi connectivity index (χ3v) is 3.38. The van der Waals surface area contributed by atoms with Crippen molar-refractivity contribution in [3.8, 4) is 0 Å². The molecule has 11 heteroatoms. The summed E-state index contributed by atoms with van der Waals surface area (Å²) < 4.78 is 28.0. The number of carbonyl (C=O) groups is 1. The molecule has 3 aromatic rings. The van der Waals surface area contributed by atoms with Gasteiger partial charge in [-0.3, -0.25) is 20.3 Å². The molecule has 0 saturated heterocycles. The van der Waals surface area contributed by atoms with Crippen molar-refractivity contribution in [3.63, 3.8) is 0 Å². The van der Waals surface area contributed by atoms with E-state index in [1.165, 1.54) is 30.6 Å². The van der Waals surface area contributed by atoms with Crippen molar-refractivity contribution in [2.24, 2.45) is 5.10 Å². The van der Waals surface area contributed by atoms with Gasteiger partial charge in [0, 0.05) is 18.2 Å². The molecule has 1 heterocycles. The number of halogens is 2. The van der Waals surface area contributed by atoms with Crippen molar-refractivity contribution in [2.45, 2.75) is 0 Å². The lowest BCUT2D eigenvalue weighted by molar-refractivity contribution is -0.384. The number of non-ortho nitro benzene ring substituents is 1. The molecular weight excluding hydrogens is 362 g/mol. The fourth-order valence-corrected chi connectivity index (χ4v) is 2.09. The molecule has 0 radical (unpaired) electrons. The van der Waals surface area contributed by atoms with Crippen molar-refractivity contribution in [3.05, 3.63) is 82.4 Å². The van der Waals surface area contributed by atoms with Crippen LogP contribution < -0.4 is 5.43 Å². The quantitative estimate of drug-likeness (QED) is 0.242. The Balaban J connectivity index is 1.93. The molecule has 9 nitrogen and oxygen atoms in total. The second-order valence-corrected chi connectivity index (χ2v) is 5.14. The number of hydrazone groups is 1. The second-order valence-electron chi connectivity index (χ2n) is 5.14.